The van der Waals surface area contributed by atoms with Crippen LogP contribution < -0.4 is 10.5 Å². The molecule has 1 aromatic rings. The van der Waals surface area contributed by atoms with Crippen LogP contribution >= 0.6 is 11.6 Å². The fourth-order valence-electron chi connectivity index (χ4n) is 1.75. The van der Waals surface area contributed by atoms with Crippen molar-refractivity contribution in [2.75, 3.05) is 13.7 Å². The molecule has 21 heavy (non-hydrogen) atoms. The molecular weight excluding hydrogens is 316 g/mol. The Balaban J connectivity index is 3.04. The molecule has 118 valence electrons. The van der Waals surface area contributed by atoms with E-state index in [0.29, 0.717) is 18.6 Å². The Morgan fingerprint density at radius 3 is 2.62 bits per heavy atom. The summed E-state index contributed by atoms with van der Waals surface area (Å²) in [6.07, 6.45) is 0.643. The first-order chi connectivity index (χ1) is 9.66. The highest BCUT2D eigenvalue weighted by molar-refractivity contribution is 7.89. The van der Waals surface area contributed by atoms with Gasteiger partial charge >= 0.3 is 0 Å². The lowest BCUT2D eigenvalue weighted by Gasteiger charge is -2.14. The molecule has 0 saturated heterocycles. The van der Waals surface area contributed by atoms with Crippen LogP contribution in [-0.4, -0.2) is 34.1 Å². The summed E-state index contributed by atoms with van der Waals surface area (Å²) >= 11 is 5.97. The number of carbonyl (C=O) groups excluding carboxylic acids is 1. The molecule has 0 heterocycles. The van der Waals surface area contributed by atoms with Gasteiger partial charge in [0.1, 0.15) is 0 Å². The van der Waals surface area contributed by atoms with Crippen LogP contribution in [0, 0.1) is 6.92 Å². The maximum atomic E-state index is 12.1. The van der Waals surface area contributed by atoms with Gasteiger partial charge in [0, 0.05) is 30.3 Å². The first kappa shape index (κ1) is 17.9. The molecule has 1 amide bonds. The summed E-state index contributed by atoms with van der Waals surface area (Å²) in [5.74, 6) is -0.412. The van der Waals surface area contributed by atoms with Crippen molar-refractivity contribution in [3.05, 3.63) is 28.3 Å². The van der Waals surface area contributed by atoms with Gasteiger partial charge in [0.2, 0.25) is 10.0 Å². The number of sulfonamides is 1. The molecule has 0 aromatic heterocycles. The summed E-state index contributed by atoms with van der Waals surface area (Å²) in [4.78, 5) is 12.0. The highest BCUT2D eigenvalue weighted by Crippen LogP contribution is 2.24. The summed E-state index contributed by atoms with van der Waals surface area (Å²) in [5.41, 5.74) is 0.474. The molecule has 0 aliphatic heterocycles. The lowest BCUT2D eigenvalue weighted by molar-refractivity contribution is 0.0929. The summed E-state index contributed by atoms with van der Waals surface area (Å²) in [7, 11) is -2.36. The summed E-state index contributed by atoms with van der Waals surface area (Å²) in [6, 6.07) is 2.54. The van der Waals surface area contributed by atoms with Gasteiger partial charge in [-0.15, -0.1) is 0 Å². The first-order valence-electron chi connectivity index (χ1n) is 6.29. The summed E-state index contributed by atoms with van der Waals surface area (Å²) in [5, 5.41) is 8.05. The van der Waals surface area contributed by atoms with Gasteiger partial charge in [-0.05, 0) is 38.0 Å². The van der Waals surface area contributed by atoms with Crippen molar-refractivity contribution >= 4 is 27.5 Å². The van der Waals surface area contributed by atoms with Gasteiger partial charge in [-0.25, -0.2) is 13.6 Å². The third kappa shape index (κ3) is 4.96. The minimum atomic E-state index is -3.94. The number of hydrogen-bond donors (Lipinski definition) is 2. The molecule has 6 nitrogen and oxygen atoms in total. The topological polar surface area (TPSA) is 98.5 Å². The van der Waals surface area contributed by atoms with Gasteiger partial charge in [0.05, 0.1) is 4.90 Å². The maximum Gasteiger partial charge on any atom is 0.251 e. The molecule has 1 atom stereocenters. The number of carbonyl (C=O) groups is 1. The zero-order valence-electron chi connectivity index (χ0n) is 12.1. The molecule has 0 aliphatic carbocycles. The van der Waals surface area contributed by atoms with Crippen molar-refractivity contribution in [3.63, 3.8) is 0 Å². The highest BCUT2D eigenvalue weighted by Gasteiger charge is 2.19. The highest BCUT2D eigenvalue weighted by atomic mass is 35.5. The lowest BCUT2D eigenvalue weighted by atomic mass is 10.1. The molecule has 8 heteroatoms. The normalized spacial score (nSPS) is 13.0. The van der Waals surface area contributed by atoms with Crippen LogP contribution in [0.2, 0.25) is 5.02 Å². The fourth-order valence-corrected chi connectivity index (χ4v) is 2.86. The quantitative estimate of drug-likeness (QED) is 0.822. The van der Waals surface area contributed by atoms with Gasteiger partial charge in [-0.2, -0.15) is 0 Å². The Hall–Kier alpha value is -1.15. The van der Waals surface area contributed by atoms with Crippen LogP contribution in [0.5, 0.6) is 0 Å². The van der Waals surface area contributed by atoms with E-state index in [2.05, 4.69) is 5.32 Å². The lowest BCUT2D eigenvalue weighted by Crippen LogP contribution is -2.33. The number of benzene rings is 1. The van der Waals surface area contributed by atoms with E-state index in [-0.39, 0.29) is 21.5 Å². The molecule has 0 spiro atoms. The molecular formula is C13H19ClN2O4S. The number of primary sulfonamides is 1. The second kappa shape index (κ2) is 7.22. The number of amides is 1. The van der Waals surface area contributed by atoms with Crippen LogP contribution in [0.3, 0.4) is 0 Å². The third-order valence-corrected chi connectivity index (χ3v) is 4.43. The van der Waals surface area contributed by atoms with Crippen molar-refractivity contribution < 1.29 is 17.9 Å². The van der Waals surface area contributed by atoms with E-state index in [1.165, 1.54) is 19.1 Å². The zero-order valence-corrected chi connectivity index (χ0v) is 13.7. The Labute approximate surface area is 129 Å². The average Bonchev–Trinajstić information content (AvgIpc) is 2.37. The number of hydrogen-bond acceptors (Lipinski definition) is 4. The van der Waals surface area contributed by atoms with Crippen LogP contribution in [0.1, 0.15) is 29.3 Å². The Bertz CT molecular complexity index is 631. The molecule has 0 bridgehead atoms. The number of nitrogens with two attached hydrogens (primary N) is 1. The van der Waals surface area contributed by atoms with E-state index in [0.717, 1.165) is 0 Å². The fraction of sp³-hybridized carbons (Fsp3) is 0.462. The molecule has 3 N–H and O–H groups in total. The van der Waals surface area contributed by atoms with Crippen LogP contribution in [-0.2, 0) is 14.8 Å². The maximum absolute atomic E-state index is 12.1. The molecule has 0 aliphatic rings. The van der Waals surface area contributed by atoms with E-state index in [9.17, 15) is 13.2 Å². The predicted octanol–water partition coefficient (Wildman–Crippen LogP) is 1.45. The predicted molar refractivity (Wildman–Crippen MR) is 81.0 cm³/mol. The Morgan fingerprint density at radius 1 is 1.48 bits per heavy atom. The molecule has 0 fully saturated rings. The van der Waals surface area contributed by atoms with E-state index in [1.54, 1.807) is 7.11 Å². The molecule has 0 saturated carbocycles. The monoisotopic (exact) mass is 334 g/mol. The largest absolute Gasteiger partial charge is 0.385 e. The standard InChI is InChI=1S/C13H19ClN2O4S/c1-8(4-5-20-3)16-13(17)10-6-11(14)9(2)12(7-10)21(15,18)19/h6-8H,4-5H2,1-3H3,(H,16,17)(H2,15,18,19). The first-order valence-corrected chi connectivity index (χ1v) is 8.22. The van der Waals surface area contributed by atoms with Crippen molar-refractivity contribution in [1.82, 2.24) is 5.32 Å². The van der Waals surface area contributed by atoms with Crippen molar-refractivity contribution in [2.45, 2.75) is 31.2 Å². The van der Waals surface area contributed by atoms with Crippen molar-refractivity contribution in [2.24, 2.45) is 5.14 Å². The van der Waals surface area contributed by atoms with Crippen molar-refractivity contribution in [3.8, 4) is 0 Å². The van der Waals surface area contributed by atoms with Gasteiger partial charge in [-0.3, -0.25) is 4.79 Å². The number of methoxy groups -OCH3 is 1. The number of halogens is 1. The minimum Gasteiger partial charge on any atom is -0.385 e. The van der Waals surface area contributed by atoms with Crippen LogP contribution in [0.25, 0.3) is 0 Å². The van der Waals surface area contributed by atoms with Gasteiger partial charge in [0.15, 0.2) is 0 Å². The second-order valence-corrected chi connectivity index (χ2v) is 6.72. The summed E-state index contributed by atoms with van der Waals surface area (Å²) in [6.45, 7) is 3.87. The molecule has 0 radical (unpaired) electrons. The molecule has 1 unspecified atom stereocenters. The molecule has 1 aromatic carbocycles. The van der Waals surface area contributed by atoms with E-state index in [1.807, 2.05) is 6.92 Å². The van der Waals surface area contributed by atoms with Crippen LogP contribution in [0.15, 0.2) is 17.0 Å². The number of ether oxygens (including phenoxy) is 1. The Kier molecular flexibility index (Phi) is 6.15. The number of rotatable bonds is 6. The van der Waals surface area contributed by atoms with Crippen LogP contribution in [0.4, 0.5) is 0 Å². The SMILES string of the molecule is COCCC(C)NC(=O)c1cc(Cl)c(C)c(S(N)(=O)=O)c1. The van der Waals surface area contributed by atoms with Gasteiger partial charge in [-0.1, -0.05) is 11.6 Å². The number of nitrogens with one attached hydrogen (secondary N) is 1. The zero-order chi connectivity index (χ0) is 16.2. The third-order valence-electron chi connectivity index (χ3n) is 3.00. The molecule has 1 rings (SSSR count). The second-order valence-electron chi connectivity index (χ2n) is 4.78. The van der Waals surface area contributed by atoms with E-state index >= 15 is 0 Å². The average molecular weight is 335 g/mol. The van der Waals surface area contributed by atoms with E-state index < -0.39 is 15.9 Å². The summed E-state index contributed by atoms with van der Waals surface area (Å²) < 4.78 is 28.0. The van der Waals surface area contributed by atoms with Gasteiger partial charge < -0.3 is 10.1 Å². The van der Waals surface area contributed by atoms with Gasteiger partial charge in [0.25, 0.3) is 5.91 Å². The Morgan fingerprint density at radius 2 is 2.10 bits per heavy atom. The van der Waals surface area contributed by atoms with E-state index in [4.69, 9.17) is 21.5 Å². The minimum absolute atomic E-state index is 0.115. The smallest absolute Gasteiger partial charge is 0.251 e. The van der Waals surface area contributed by atoms with Crippen molar-refractivity contribution in [1.29, 1.82) is 0 Å².